The van der Waals surface area contributed by atoms with Crippen LogP contribution in [-0.4, -0.2) is 52.1 Å². The molecule has 2 aromatic carbocycles. The zero-order valence-corrected chi connectivity index (χ0v) is 17.7. The number of rotatable bonds is 8. The lowest BCUT2D eigenvalue weighted by molar-refractivity contribution is 0.150. The third kappa shape index (κ3) is 4.86. The van der Waals surface area contributed by atoms with Gasteiger partial charge < -0.3 is 9.84 Å². The summed E-state index contributed by atoms with van der Waals surface area (Å²) < 4.78 is 7.98. The van der Waals surface area contributed by atoms with Gasteiger partial charge in [-0.1, -0.05) is 35.3 Å². The molecule has 1 fully saturated rings. The Balaban J connectivity index is 1.45. The molecule has 0 spiro atoms. The van der Waals surface area contributed by atoms with Crippen molar-refractivity contribution in [2.75, 3.05) is 26.3 Å². The number of halogens is 2. The number of fused-ring (bicyclic) bond motifs is 1. The zero-order valence-electron chi connectivity index (χ0n) is 16.2. The molecule has 0 amide bonds. The molecule has 1 saturated heterocycles. The van der Waals surface area contributed by atoms with E-state index in [4.69, 9.17) is 33.0 Å². The van der Waals surface area contributed by atoms with Gasteiger partial charge in [0.1, 0.15) is 0 Å². The lowest BCUT2D eigenvalue weighted by Crippen LogP contribution is -2.33. The first-order valence-electron chi connectivity index (χ1n) is 10.0. The van der Waals surface area contributed by atoms with Crippen molar-refractivity contribution < 1.29 is 9.84 Å². The van der Waals surface area contributed by atoms with Crippen LogP contribution in [0.1, 0.15) is 24.8 Å². The summed E-state index contributed by atoms with van der Waals surface area (Å²) in [5.74, 6) is 0.608. The number of ether oxygens (including phenoxy) is 1. The SMILES string of the molecule is OC[C@@H]1CCCN1CCCOc1nn(Cc2ccc(Cl)cc2)c2ccc(Cl)cc12. The second kappa shape index (κ2) is 9.35. The smallest absolute Gasteiger partial charge is 0.240 e. The van der Waals surface area contributed by atoms with E-state index >= 15 is 0 Å². The van der Waals surface area contributed by atoms with Crippen LogP contribution in [0.25, 0.3) is 10.9 Å². The molecule has 4 rings (SSSR count). The predicted molar refractivity (Wildman–Crippen MR) is 117 cm³/mol. The summed E-state index contributed by atoms with van der Waals surface area (Å²) in [5, 5.41) is 16.4. The van der Waals surface area contributed by atoms with Gasteiger partial charge in [-0.3, -0.25) is 9.58 Å². The minimum Gasteiger partial charge on any atom is -0.476 e. The number of aliphatic hydroxyl groups is 1. The van der Waals surface area contributed by atoms with Gasteiger partial charge in [0.2, 0.25) is 5.88 Å². The Bertz CT molecular complexity index is 959. The number of aliphatic hydroxyl groups excluding tert-OH is 1. The Kier molecular flexibility index (Phi) is 6.60. The number of hydrogen-bond acceptors (Lipinski definition) is 4. The van der Waals surface area contributed by atoms with Gasteiger partial charge in [-0.05, 0) is 61.7 Å². The fraction of sp³-hybridized carbons (Fsp3) is 0.409. The van der Waals surface area contributed by atoms with Crippen LogP contribution in [0.3, 0.4) is 0 Å². The molecule has 1 N–H and O–H groups in total. The van der Waals surface area contributed by atoms with Crippen LogP contribution >= 0.6 is 23.2 Å². The summed E-state index contributed by atoms with van der Waals surface area (Å²) in [6.07, 6.45) is 3.13. The Hall–Kier alpha value is -1.79. The van der Waals surface area contributed by atoms with E-state index in [-0.39, 0.29) is 6.61 Å². The van der Waals surface area contributed by atoms with E-state index in [1.54, 1.807) is 0 Å². The van der Waals surface area contributed by atoms with Crippen LogP contribution in [0.15, 0.2) is 42.5 Å². The van der Waals surface area contributed by atoms with Crippen LogP contribution in [0.4, 0.5) is 0 Å². The predicted octanol–water partition coefficient (Wildman–Crippen LogP) is 4.62. The van der Waals surface area contributed by atoms with E-state index < -0.39 is 0 Å². The number of aromatic nitrogens is 2. The van der Waals surface area contributed by atoms with Gasteiger partial charge >= 0.3 is 0 Å². The van der Waals surface area contributed by atoms with Crippen LogP contribution in [-0.2, 0) is 6.54 Å². The fourth-order valence-corrected chi connectivity index (χ4v) is 4.24. The van der Waals surface area contributed by atoms with Gasteiger partial charge in [0.05, 0.1) is 30.7 Å². The van der Waals surface area contributed by atoms with Crippen molar-refractivity contribution >= 4 is 34.1 Å². The summed E-state index contributed by atoms with van der Waals surface area (Å²) in [5.41, 5.74) is 2.10. The summed E-state index contributed by atoms with van der Waals surface area (Å²) in [6.45, 7) is 3.42. The molecule has 1 aromatic heterocycles. The molecule has 154 valence electrons. The Morgan fingerprint density at radius 1 is 1.10 bits per heavy atom. The monoisotopic (exact) mass is 433 g/mol. The van der Waals surface area contributed by atoms with Crippen LogP contribution in [0, 0.1) is 0 Å². The van der Waals surface area contributed by atoms with E-state index in [1.807, 2.05) is 47.1 Å². The average Bonchev–Trinajstić information content (AvgIpc) is 3.31. The molecule has 1 aliphatic heterocycles. The Labute approximate surface area is 180 Å². The molecule has 0 bridgehead atoms. The summed E-state index contributed by atoms with van der Waals surface area (Å²) >= 11 is 12.2. The highest BCUT2D eigenvalue weighted by molar-refractivity contribution is 6.31. The van der Waals surface area contributed by atoms with E-state index in [0.717, 1.165) is 53.8 Å². The number of hydrogen-bond donors (Lipinski definition) is 1. The van der Waals surface area contributed by atoms with Crippen LogP contribution in [0.2, 0.25) is 10.0 Å². The summed E-state index contributed by atoms with van der Waals surface area (Å²) in [4.78, 5) is 2.34. The topological polar surface area (TPSA) is 50.5 Å². The maximum atomic E-state index is 9.45. The molecule has 7 heteroatoms. The van der Waals surface area contributed by atoms with Crippen molar-refractivity contribution in [2.24, 2.45) is 0 Å². The first kappa shape index (κ1) is 20.5. The Morgan fingerprint density at radius 2 is 1.90 bits per heavy atom. The third-order valence-electron chi connectivity index (χ3n) is 5.46. The third-order valence-corrected chi connectivity index (χ3v) is 5.95. The molecule has 0 saturated carbocycles. The van der Waals surface area contributed by atoms with Crippen molar-refractivity contribution in [3.8, 4) is 5.88 Å². The second-order valence-electron chi connectivity index (χ2n) is 7.47. The molecule has 0 unspecified atom stereocenters. The first-order valence-corrected chi connectivity index (χ1v) is 10.8. The lowest BCUT2D eigenvalue weighted by Gasteiger charge is -2.22. The molecule has 0 radical (unpaired) electrons. The van der Waals surface area contributed by atoms with Gasteiger partial charge in [0, 0.05) is 22.6 Å². The zero-order chi connectivity index (χ0) is 20.2. The summed E-state index contributed by atoms with van der Waals surface area (Å²) in [7, 11) is 0. The molecular weight excluding hydrogens is 409 g/mol. The molecule has 1 aliphatic rings. The number of nitrogens with zero attached hydrogens (tertiary/aromatic N) is 3. The largest absolute Gasteiger partial charge is 0.476 e. The number of benzene rings is 2. The van der Waals surface area contributed by atoms with E-state index in [2.05, 4.69) is 4.90 Å². The van der Waals surface area contributed by atoms with Gasteiger partial charge in [-0.25, -0.2) is 0 Å². The highest BCUT2D eigenvalue weighted by Gasteiger charge is 2.23. The molecule has 5 nitrogen and oxygen atoms in total. The van der Waals surface area contributed by atoms with Gasteiger partial charge in [-0.15, -0.1) is 5.10 Å². The molecule has 3 aromatic rings. The quantitative estimate of drug-likeness (QED) is 0.526. The van der Waals surface area contributed by atoms with Crippen LogP contribution in [0.5, 0.6) is 5.88 Å². The number of likely N-dealkylation sites (tertiary alicyclic amines) is 1. The highest BCUT2D eigenvalue weighted by atomic mass is 35.5. The van der Waals surface area contributed by atoms with Crippen molar-refractivity contribution in [1.82, 2.24) is 14.7 Å². The standard InChI is InChI=1S/C22H25Cl2N3O2/c23-17-6-4-16(5-7-17)14-27-21-9-8-18(24)13-20(21)22(25-27)29-12-2-11-26-10-1-3-19(26)15-28/h4-9,13,19,28H,1-3,10-12,14-15H2/t19-/m0/s1. The molecule has 0 aliphatic carbocycles. The fourth-order valence-electron chi connectivity index (χ4n) is 3.94. The van der Waals surface area contributed by atoms with Crippen LogP contribution < -0.4 is 4.74 Å². The Morgan fingerprint density at radius 3 is 2.69 bits per heavy atom. The average molecular weight is 434 g/mol. The van der Waals surface area contributed by atoms with Gasteiger partial charge in [0.15, 0.2) is 0 Å². The van der Waals surface area contributed by atoms with E-state index in [0.29, 0.717) is 30.1 Å². The molecule has 2 heterocycles. The van der Waals surface area contributed by atoms with E-state index in [9.17, 15) is 5.11 Å². The van der Waals surface area contributed by atoms with Crippen molar-refractivity contribution in [2.45, 2.75) is 31.8 Å². The van der Waals surface area contributed by atoms with E-state index in [1.165, 1.54) is 0 Å². The maximum Gasteiger partial charge on any atom is 0.240 e. The van der Waals surface area contributed by atoms with Gasteiger partial charge in [0.25, 0.3) is 0 Å². The first-order chi connectivity index (χ1) is 14.1. The van der Waals surface area contributed by atoms with Crippen molar-refractivity contribution in [1.29, 1.82) is 0 Å². The van der Waals surface area contributed by atoms with Crippen molar-refractivity contribution in [3.05, 3.63) is 58.1 Å². The molecule has 1 atom stereocenters. The highest BCUT2D eigenvalue weighted by Crippen LogP contribution is 2.29. The second-order valence-corrected chi connectivity index (χ2v) is 8.34. The minimum absolute atomic E-state index is 0.235. The van der Waals surface area contributed by atoms with Gasteiger partial charge in [-0.2, -0.15) is 0 Å². The lowest BCUT2D eigenvalue weighted by atomic mass is 10.2. The maximum absolute atomic E-state index is 9.45. The molecule has 29 heavy (non-hydrogen) atoms. The minimum atomic E-state index is 0.235. The summed E-state index contributed by atoms with van der Waals surface area (Å²) in [6, 6.07) is 13.8. The normalized spacial score (nSPS) is 17.3. The van der Waals surface area contributed by atoms with Crippen molar-refractivity contribution in [3.63, 3.8) is 0 Å². The molecular formula is C22H25Cl2N3O2.